The monoisotopic (exact) mass is 389 g/mol. The van der Waals surface area contributed by atoms with Crippen LogP contribution in [-0.2, 0) is 6.42 Å². The van der Waals surface area contributed by atoms with Crippen LogP contribution in [0.4, 0.5) is 8.78 Å². The second kappa shape index (κ2) is 8.51. The molecule has 3 rings (SSSR count). The highest BCUT2D eigenvalue weighted by molar-refractivity contribution is 5.93. The molecular formula is C20H17F2NO5. The summed E-state index contributed by atoms with van der Waals surface area (Å²) in [7, 11) is 1.35. The van der Waals surface area contributed by atoms with E-state index in [9.17, 15) is 18.4 Å². The van der Waals surface area contributed by atoms with Crippen LogP contribution in [0.25, 0.3) is 11.0 Å². The molecule has 0 radical (unpaired) electrons. The van der Waals surface area contributed by atoms with E-state index in [0.29, 0.717) is 17.4 Å². The number of methoxy groups -OCH3 is 1. The molecule has 1 aromatic heterocycles. The highest BCUT2D eigenvalue weighted by Gasteiger charge is 2.13. The summed E-state index contributed by atoms with van der Waals surface area (Å²) in [6.45, 7) is -2.70. The molecule has 0 spiro atoms. The fourth-order valence-electron chi connectivity index (χ4n) is 2.68. The van der Waals surface area contributed by atoms with E-state index in [0.717, 1.165) is 11.6 Å². The van der Waals surface area contributed by atoms with Gasteiger partial charge in [-0.1, -0.05) is 18.2 Å². The zero-order chi connectivity index (χ0) is 20.1. The number of nitrogens with one attached hydrogen (secondary N) is 1. The van der Waals surface area contributed by atoms with Crippen molar-refractivity contribution in [3.05, 3.63) is 70.1 Å². The van der Waals surface area contributed by atoms with Crippen LogP contribution in [0.15, 0.2) is 57.7 Å². The van der Waals surface area contributed by atoms with E-state index in [2.05, 4.69) is 10.1 Å². The van der Waals surface area contributed by atoms with Gasteiger partial charge in [-0.2, -0.15) is 8.78 Å². The Morgan fingerprint density at radius 2 is 1.93 bits per heavy atom. The number of hydrogen-bond donors (Lipinski definition) is 1. The molecule has 3 aromatic rings. The molecule has 8 heteroatoms. The number of amides is 1. The number of carbonyl (C=O) groups excluding carboxylic acids is 1. The van der Waals surface area contributed by atoms with Crippen LogP contribution in [0.2, 0.25) is 0 Å². The lowest BCUT2D eigenvalue weighted by atomic mass is 10.1. The number of benzene rings is 2. The first-order chi connectivity index (χ1) is 13.5. The Labute approximate surface area is 158 Å². The third kappa shape index (κ3) is 4.46. The van der Waals surface area contributed by atoms with Crippen molar-refractivity contribution in [2.24, 2.45) is 0 Å². The van der Waals surface area contributed by atoms with E-state index in [1.807, 2.05) is 0 Å². The van der Waals surface area contributed by atoms with Gasteiger partial charge in [-0.3, -0.25) is 9.59 Å². The zero-order valence-electron chi connectivity index (χ0n) is 14.9. The first-order valence-corrected chi connectivity index (χ1v) is 8.40. The van der Waals surface area contributed by atoms with Crippen LogP contribution in [0.1, 0.15) is 16.1 Å². The highest BCUT2D eigenvalue weighted by atomic mass is 19.3. The molecular weight excluding hydrogens is 372 g/mol. The normalized spacial score (nSPS) is 10.9. The van der Waals surface area contributed by atoms with Gasteiger partial charge in [0.1, 0.15) is 5.58 Å². The summed E-state index contributed by atoms with van der Waals surface area (Å²) in [6.07, 6.45) is 0.412. The van der Waals surface area contributed by atoms with Crippen molar-refractivity contribution in [3.63, 3.8) is 0 Å². The van der Waals surface area contributed by atoms with Gasteiger partial charge in [-0.05, 0) is 36.2 Å². The molecule has 0 aliphatic carbocycles. The number of rotatable bonds is 7. The standard InChI is InChI=1S/C20H17F2NO5/c1-26-17-10-12(6-7-16(17)28-20(21)22)8-9-23-19(25)18-11-14(24)13-4-2-3-5-15(13)27-18/h2-7,10-11,20H,8-9H2,1H3,(H,23,25). The van der Waals surface area contributed by atoms with E-state index in [1.165, 1.54) is 13.2 Å². The smallest absolute Gasteiger partial charge is 0.387 e. The molecule has 2 aromatic carbocycles. The van der Waals surface area contributed by atoms with Crippen LogP contribution < -0.4 is 20.2 Å². The topological polar surface area (TPSA) is 77.8 Å². The van der Waals surface area contributed by atoms with Crippen molar-refractivity contribution in [2.75, 3.05) is 13.7 Å². The Kier molecular flexibility index (Phi) is 5.88. The van der Waals surface area contributed by atoms with Crippen LogP contribution in [0.3, 0.4) is 0 Å². The Hall–Kier alpha value is -3.42. The Balaban J connectivity index is 1.65. The zero-order valence-corrected chi connectivity index (χ0v) is 14.9. The number of carbonyl (C=O) groups is 1. The van der Waals surface area contributed by atoms with Crippen molar-refractivity contribution in [2.45, 2.75) is 13.0 Å². The van der Waals surface area contributed by atoms with Gasteiger partial charge in [0, 0.05) is 12.6 Å². The SMILES string of the molecule is COc1cc(CCNC(=O)c2cc(=O)c3ccccc3o2)ccc1OC(F)F. The van der Waals surface area contributed by atoms with Gasteiger partial charge in [0.15, 0.2) is 22.7 Å². The van der Waals surface area contributed by atoms with E-state index >= 15 is 0 Å². The minimum Gasteiger partial charge on any atom is -0.493 e. The molecule has 28 heavy (non-hydrogen) atoms. The second-order valence-electron chi connectivity index (χ2n) is 5.84. The molecule has 1 N–H and O–H groups in total. The summed E-state index contributed by atoms with van der Waals surface area (Å²) < 4.78 is 39.6. The van der Waals surface area contributed by atoms with Crippen molar-refractivity contribution < 1.29 is 27.5 Å². The summed E-state index contributed by atoms with van der Waals surface area (Å²) in [4.78, 5) is 24.3. The minimum atomic E-state index is -2.95. The third-order valence-corrected chi connectivity index (χ3v) is 4.00. The Morgan fingerprint density at radius 1 is 1.14 bits per heavy atom. The fraction of sp³-hybridized carbons (Fsp3) is 0.200. The molecule has 1 heterocycles. The first kappa shape index (κ1) is 19.3. The number of hydrogen-bond acceptors (Lipinski definition) is 5. The Morgan fingerprint density at radius 3 is 2.68 bits per heavy atom. The number of para-hydroxylation sites is 1. The van der Waals surface area contributed by atoms with E-state index < -0.39 is 12.5 Å². The van der Waals surface area contributed by atoms with Crippen LogP contribution >= 0.6 is 0 Å². The maximum Gasteiger partial charge on any atom is 0.387 e. The lowest BCUT2D eigenvalue weighted by molar-refractivity contribution is -0.0512. The lowest BCUT2D eigenvalue weighted by Gasteiger charge is -2.11. The summed E-state index contributed by atoms with van der Waals surface area (Å²) in [5.41, 5.74) is 0.782. The molecule has 0 aliphatic rings. The lowest BCUT2D eigenvalue weighted by Crippen LogP contribution is -2.26. The number of ether oxygens (including phenoxy) is 2. The average molecular weight is 389 g/mol. The van der Waals surface area contributed by atoms with Crippen molar-refractivity contribution in [1.82, 2.24) is 5.32 Å². The van der Waals surface area contributed by atoms with Gasteiger partial charge < -0.3 is 19.2 Å². The molecule has 0 saturated carbocycles. The van der Waals surface area contributed by atoms with Crippen molar-refractivity contribution in [1.29, 1.82) is 0 Å². The number of alkyl halides is 2. The van der Waals surface area contributed by atoms with Gasteiger partial charge in [0.2, 0.25) is 0 Å². The highest BCUT2D eigenvalue weighted by Crippen LogP contribution is 2.29. The molecule has 0 atom stereocenters. The first-order valence-electron chi connectivity index (χ1n) is 8.40. The quantitative estimate of drug-likeness (QED) is 0.670. The predicted molar refractivity (Wildman–Crippen MR) is 98.1 cm³/mol. The van der Waals surface area contributed by atoms with Gasteiger partial charge >= 0.3 is 6.61 Å². The molecule has 146 valence electrons. The average Bonchev–Trinajstić information content (AvgIpc) is 2.68. The summed E-state index contributed by atoms with van der Waals surface area (Å²) in [5, 5.41) is 3.06. The third-order valence-electron chi connectivity index (χ3n) is 4.00. The van der Waals surface area contributed by atoms with E-state index in [1.54, 1.807) is 36.4 Å². The number of halogens is 2. The van der Waals surface area contributed by atoms with Gasteiger partial charge in [0.25, 0.3) is 5.91 Å². The van der Waals surface area contributed by atoms with Crippen LogP contribution in [0.5, 0.6) is 11.5 Å². The molecule has 0 saturated heterocycles. The summed E-state index contributed by atoms with van der Waals surface area (Å²) in [6, 6.07) is 12.3. The molecule has 6 nitrogen and oxygen atoms in total. The molecule has 0 bridgehead atoms. The molecule has 0 fully saturated rings. The molecule has 1 amide bonds. The minimum absolute atomic E-state index is 0.0665. The predicted octanol–water partition coefficient (Wildman–Crippen LogP) is 3.38. The summed E-state index contributed by atoms with van der Waals surface area (Å²) >= 11 is 0. The van der Waals surface area contributed by atoms with Crippen molar-refractivity contribution in [3.8, 4) is 11.5 Å². The maximum absolute atomic E-state index is 12.4. The molecule has 0 aliphatic heterocycles. The Bertz CT molecular complexity index is 1050. The van der Waals surface area contributed by atoms with Gasteiger partial charge in [0.05, 0.1) is 12.5 Å². The second-order valence-corrected chi connectivity index (χ2v) is 5.84. The van der Waals surface area contributed by atoms with Crippen molar-refractivity contribution >= 4 is 16.9 Å². The maximum atomic E-state index is 12.4. The largest absolute Gasteiger partial charge is 0.493 e. The van der Waals surface area contributed by atoms with E-state index in [-0.39, 0.29) is 29.2 Å². The van der Waals surface area contributed by atoms with Gasteiger partial charge in [-0.25, -0.2) is 0 Å². The molecule has 0 unspecified atom stereocenters. The van der Waals surface area contributed by atoms with E-state index in [4.69, 9.17) is 9.15 Å². The summed E-state index contributed by atoms with van der Waals surface area (Å²) in [5.74, 6) is -0.498. The van der Waals surface area contributed by atoms with Crippen LogP contribution in [0, 0.1) is 0 Å². The van der Waals surface area contributed by atoms with Gasteiger partial charge in [-0.15, -0.1) is 0 Å². The fourth-order valence-corrected chi connectivity index (χ4v) is 2.68. The van der Waals surface area contributed by atoms with Crippen LogP contribution in [-0.4, -0.2) is 26.2 Å². The number of fused-ring (bicyclic) bond motifs is 1.